The summed E-state index contributed by atoms with van der Waals surface area (Å²) in [6.07, 6.45) is 1.67. The lowest BCUT2D eigenvalue weighted by molar-refractivity contribution is 0.0996. The van der Waals surface area contributed by atoms with Crippen LogP contribution in [0.3, 0.4) is 0 Å². The monoisotopic (exact) mass is 204 g/mol. The lowest BCUT2D eigenvalue weighted by Gasteiger charge is -1.91. The van der Waals surface area contributed by atoms with Gasteiger partial charge in [0.15, 0.2) is 0 Å². The zero-order valence-corrected chi connectivity index (χ0v) is 7.91. The number of nitrogens with two attached hydrogens (primary N) is 1. The minimum absolute atomic E-state index is 0.163. The number of carbonyl (C=O) groups excluding carboxylic acids is 1. The van der Waals surface area contributed by atoms with Gasteiger partial charge >= 0.3 is 0 Å². The van der Waals surface area contributed by atoms with E-state index in [0.717, 1.165) is 5.69 Å². The van der Waals surface area contributed by atoms with Crippen LogP contribution in [0.4, 0.5) is 0 Å². The van der Waals surface area contributed by atoms with Gasteiger partial charge in [-0.05, 0) is 12.1 Å². The Balaban J connectivity index is 2.39. The molecule has 0 aliphatic carbocycles. The summed E-state index contributed by atoms with van der Waals surface area (Å²) in [5.74, 6) is -0.566. The standard InChI is InChI=1S/C9H6N3OS/c10-8(13)7-5-14-9(12-7)6-3-1-2-4-11-6/h1-4H,(H2,10,13). The van der Waals surface area contributed by atoms with Gasteiger partial charge < -0.3 is 5.73 Å². The van der Waals surface area contributed by atoms with Crippen LogP contribution in [0.1, 0.15) is 10.5 Å². The minimum atomic E-state index is -0.566. The second kappa shape index (κ2) is 3.55. The summed E-state index contributed by atoms with van der Waals surface area (Å²) in [5, 5.41) is 3.37. The van der Waals surface area contributed by atoms with E-state index < -0.39 is 5.91 Å². The molecule has 0 spiro atoms. The summed E-state index contributed by atoms with van der Waals surface area (Å²) in [6, 6.07) is 5.49. The smallest absolute Gasteiger partial charge is 0.268 e. The fourth-order valence-electron chi connectivity index (χ4n) is 0.948. The Kier molecular flexibility index (Phi) is 2.24. The van der Waals surface area contributed by atoms with E-state index >= 15 is 0 Å². The highest BCUT2D eigenvalue weighted by molar-refractivity contribution is 7.12. The molecule has 1 amide bonds. The van der Waals surface area contributed by atoms with Gasteiger partial charge in [-0.1, -0.05) is 6.07 Å². The first-order valence-electron chi connectivity index (χ1n) is 3.87. The summed E-state index contributed by atoms with van der Waals surface area (Å²) in [4.78, 5) is 18.9. The van der Waals surface area contributed by atoms with E-state index in [0.29, 0.717) is 5.01 Å². The van der Waals surface area contributed by atoms with Crippen molar-refractivity contribution in [3.63, 3.8) is 0 Å². The molecule has 0 aliphatic rings. The molecule has 0 aromatic carbocycles. The van der Waals surface area contributed by atoms with E-state index in [1.165, 1.54) is 11.3 Å². The van der Waals surface area contributed by atoms with Gasteiger partial charge in [-0.15, -0.1) is 11.3 Å². The van der Waals surface area contributed by atoms with Crippen LogP contribution in [0.2, 0.25) is 0 Å². The van der Waals surface area contributed by atoms with Gasteiger partial charge in [0.1, 0.15) is 10.7 Å². The molecule has 4 nitrogen and oxygen atoms in total. The fourth-order valence-corrected chi connectivity index (χ4v) is 1.65. The van der Waals surface area contributed by atoms with Gasteiger partial charge in [0.2, 0.25) is 0 Å². The van der Waals surface area contributed by atoms with Crippen LogP contribution >= 0.6 is 11.3 Å². The number of rotatable bonds is 2. The van der Waals surface area contributed by atoms with Crippen LogP contribution in [-0.4, -0.2) is 15.9 Å². The second-order valence-corrected chi connectivity index (χ2v) is 3.34. The largest absolute Gasteiger partial charge is 0.364 e. The van der Waals surface area contributed by atoms with Crippen LogP contribution in [0.5, 0.6) is 0 Å². The number of amides is 1. The predicted molar refractivity (Wildman–Crippen MR) is 52.7 cm³/mol. The Morgan fingerprint density at radius 3 is 2.93 bits per heavy atom. The summed E-state index contributed by atoms with van der Waals surface area (Å²) in [7, 11) is 0. The Labute approximate surface area is 84.4 Å². The molecule has 69 valence electrons. The number of hydrogen-bond acceptors (Lipinski definition) is 4. The molecular formula is C9H6N3OS. The van der Waals surface area contributed by atoms with Gasteiger partial charge in [-0.25, -0.2) is 4.98 Å². The lowest BCUT2D eigenvalue weighted by atomic mass is 10.4. The van der Waals surface area contributed by atoms with E-state index in [-0.39, 0.29) is 5.69 Å². The summed E-state index contributed by atoms with van der Waals surface area (Å²) >= 11 is 1.23. The molecule has 0 saturated carbocycles. The van der Waals surface area contributed by atoms with Gasteiger partial charge in [0, 0.05) is 6.20 Å². The molecule has 5 heteroatoms. The SMILES string of the molecule is NC(=O)c1[c]sc(-c2ccccn2)n1. The third-order valence-electron chi connectivity index (χ3n) is 1.58. The number of carbonyl (C=O) groups is 1. The zero-order chi connectivity index (χ0) is 9.97. The Bertz CT molecular complexity index is 452. The van der Waals surface area contributed by atoms with Crippen LogP contribution in [-0.2, 0) is 0 Å². The van der Waals surface area contributed by atoms with Crippen molar-refractivity contribution in [1.29, 1.82) is 0 Å². The highest BCUT2D eigenvalue weighted by Crippen LogP contribution is 2.20. The number of nitrogens with zero attached hydrogens (tertiary/aromatic N) is 2. The van der Waals surface area contributed by atoms with Crippen molar-refractivity contribution in [3.05, 3.63) is 35.5 Å². The van der Waals surface area contributed by atoms with E-state index in [1.807, 2.05) is 18.2 Å². The maximum Gasteiger partial charge on any atom is 0.268 e. The molecule has 0 aliphatic heterocycles. The average Bonchev–Trinajstić information content (AvgIpc) is 2.68. The molecule has 2 aromatic heterocycles. The van der Waals surface area contributed by atoms with Crippen LogP contribution in [0.25, 0.3) is 10.7 Å². The number of thiazole rings is 1. The summed E-state index contributed by atoms with van der Waals surface area (Å²) in [6.45, 7) is 0. The lowest BCUT2D eigenvalue weighted by Crippen LogP contribution is -2.11. The molecule has 2 heterocycles. The Morgan fingerprint density at radius 1 is 1.50 bits per heavy atom. The van der Waals surface area contributed by atoms with Crippen LogP contribution in [0.15, 0.2) is 24.4 Å². The zero-order valence-electron chi connectivity index (χ0n) is 7.10. The molecule has 2 rings (SSSR count). The molecule has 1 radical (unpaired) electrons. The number of primary amides is 1. The van der Waals surface area contributed by atoms with Crippen LogP contribution in [0, 0.1) is 5.38 Å². The van der Waals surface area contributed by atoms with Crippen molar-refractivity contribution in [3.8, 4) is 10.7 Å². The third kappa shape index (κ3) is 1.62. The van der Waals surface area contributed by atoms with E-state index in [9.17, 15) is 4.79 Å². The van der Waals surface area contributed by atoms with E-state index in [1.54, 1.807) is 6.20 Å². The van der Waals surface area contributed by atoms with Crippen LogP contribution < -0.4 is 5.73 Å². The molecule has 0 fully saturated rings. The first-order valence-corrected chi connectivity index (χ1v) is 4.69. The fraction of sp³-hybridized carbons (Fsp3) is 0. The summed E-state index contributed by atoms with van der Waals surface area (Å²) < 4.78 is 0. The Morgan fingerprint density at radius 2 is 2.36 bits per heavy atom. The number of hydrogen-bond donors (Lipinski definition) is 1. The van der Waals surface area contributed by atoms with Crippen molar-refractivity contribution < 1.29 is 4.79 Å². The van der Waals surface area contributed by atoms with Gasteiger partial charge in [0.25, 0.3) is 5.91 Å². The highest BCUT2D eigenvalue weighted by Gasteiger charge is 2.09. The number of pyridine rings is 1. The van der Waals surface area contributed by atoms with E-state index in [2.05, 4.69) is 15.3 Å². The highest BCUT2D eigenvalue weighted by atomic mass is 32.1. The van der Waals surface area contributed by atoms with Crippen molar-refractivity contribution in [2.45, 2.75) is 0 Å². The molecule has 0 bridgehead atoms. The Hall–Kier alpha value is -1.75. The van der Waals surface area contributed by atoms with Crippen molar-refractivity contribution in [2.75, 3.05) is 0 Å². The van der Waals surface area contributed by atoms with Crippen molar-refractivity contribution in [1.82, 2.24) is 9.97 Å². The quantitative estimate of drug-likeness (QED) is 0.796. The van der Waals surface area contributed by atoms with Gasteiger partial charge in [-0.3, -0.25) is 9.78 Å². The second-order valence-electron chi connectivity index (χ2n) is 2.55. The first-order chi connectivity index (χ1) is 6.77. The first kappa shape index (κ1) is 8.83. The van der Waals surface area contributed by atoms with Crippen molar-refractivity contribution >= 4 is 17.2 Å². The van der Waals surface area contributed by atoms with Gasteiger partial charge in [0.05, 0.1) is 11.1 Å². The molecule has 14 heavy (non-hydrogen) atoms. The molecule has 2 N–H and O–H groups in total. The normalized spacial score (nSPS) is 10.0. The van der Waals surface area contributed by atoms with E-state index in [4.69, 9.17) is 5.73 Å². The molecular weight excluding hydrogens is 198 g/mol. The molecule has 2 aromatic rings. The maximum absolute atomic E-state index is 10.8. The molecule has 0 unspecified atom stereocenters. The predicted octanol–water partition coefficient (Wildman–Crippen LogP) is 1.10. The number of aromatic nitrogens is 2. The maximum atomic E-state index is 10.8. The minimum Gasteiger partial charge on any atom is -0.364 e. The molecule has 0 saturated heterocycles. The third-order valence-corrected chi connectivity index (χ3v) is 2.36. The average molecular weight is 204 g/mol. The topological polar surface area (TPSA) is 68.9 Å². The summed E-state index contributed by atoms with van der Waals surface area (Å²) in [5.41, 5.74) is 5.94. The molecule has 0 atom stereocenters. The van der Waals surface area contributed by atoms with Crippen molar-refractivity contribution in [2.24, 2.45) is 5.73 Å². The van der Waals surface area contributed by atoms with Gasteiger partial charge in [-0.2, -0.15) is 0 Å².